The number of nitrogens with zero attached hydrogens (tertiary/aromatic N) is 1. The van der Waals surface area contributed by atoms with E-state index in [1.54, 1.807) is 12.1 Å². The number of hydrogen-bond acceptors (Lipinski definition) is 6. The van der Waals surface area contributed by atoms with E-state index in [-0.39, 0.29) is 34.4 Å². The van der Waals surface area contributed by atoms with Gasteiger partial charge in [0, 0.05) is 11.0 Å². The zero-order valence-electron chi connectivity index (χ0n) is 15.5. The van der Waals surface area contributed by atoms with E-state index in [4.69, 9.17) is 11.5 Å². The summed E-state index contributed by atoms with van der Waals surface area (Å²) in [5.74, 6) is -2.03. The fraction of sp³-hybridized carbons (Fsp3) is 0.235. The maximum atomic E-state index is 12.6. The highest BCUT2D eigenvalue weighted by Crippen LogP contribution is 2.26. The standard InChI is InChI=1S/C17H20BrN5O5S2/c18-10-3-5-11(6-4-10)30(27,28)23-12-7-9-29-14(12)15(24)22-13(16(25)26)2-1-8-21-17(19)20/h3-7,9,13,23H,1-2,8H2,(H,22,24)(H,25,26)(H4,19,20,21)/t13-/m0/s1. The average molecular weight is 518 g/mol. The second-order valence-corrected chi connectivity index (χ2v) is 9.55. The van der Waals surface area contributed by atoms with Crippen LogP contribution < -0.4 is 21.5 Å². The molecule has 0 bridgehead atoms. The molecule has 1 heterocycles. The molecule has 0 aliphatic rings. The molecule has 1 aromatic heterocycles. The molecular formula is C17H20BrN5O5S2. The summed E-state index contributed by atoms with van der Waals surface area (Å²) >= 11 is 4.22. The topological polar surface area (TPSA) is 177 Å². The van der Waals surface area contributed by atoms with E-state index in [0.29, 0.717) is 6.42 Å². The number of guanidine groups is 1. The van der Waals surface area contributed by atoms with Gasteiger partial charge in [0.05, 0.1) is 10.6 Å². The van der Waals surface area contributed by atoms with Crippen LogP contribution in [-0.4, -0.2) is 43.9 Å². The predicted octanol–water partition coefficient (Wildman–Crippen LogP) is 1.55. The van der Waals surface area contributed by atoms with Gasteiger partial charge in [-0.05, 0) is 48.6 Å². The lowest BCUT2D eigenvalue weighted by Gasteiger charge is -2.14. The number of anilines is 1. The van der Waals surface area contributed by atoms with Gasteiger partial charge in [0.2, 0.25) is 0 Å². The minimum Gasteiger partial charge on any atom is -0.480 e. The molecule has 0 saturated heterocycles. The largest absolute Gasteiger partial charge is 0.480 e. The molecule has 1 aromatic carbocycles. The van der Waals surface area contributed by atoms with Crippen molar-refractivity contribution in [1.82, 2.24) is 5.32 Å². The maximum absolute atomic E-state index is 12.6. The van der Waals surface area contributed by atoms with E-state index in [2.05, 4.69) is 31.0 Å². The highest BCUT2D eigenvalue weighted by Gasteiger charge is 2.24. The normalized spacial score (nSPS) is 12.0. The van der Waals surface area contributed by atoms with Gasteiger partial charge in [0.15, 0.2) is 5.96 Å². The van der Waals surface area contributed by atoms with Crippen LogP contribution in [0, 0.1) is 0 Å². The van der Waals surface area contributed by atoms with Crippen LogP contribution >= 0.6 is 27.3 Å². The number of carbonyl (C=O) groups is 2. The first kappa shape index (κ1) is 23.6. The molecule has 2 rings (SSSR count). The Bertz CT molecular complexity index is 1030. The molecule has 10 nitrogen and oxygen atoms in total. The molecule has 7 N–H and O–H groups in total. The lowest BCUT2D eigenvalue weighted by molar-refractivity contribution is -0.139. The summed E-state index contributed by atoms with van der Waals surface area (Å²) in [7, 11) is -3.93. The van der Waals surface area contributed by atoms with Gasteiger partial charge in [-0.15, -0.1) is 11.3 Å². The third-order valence-corrected chi connectivity index (χ3v) is 6.61. The van der Waals surface area contributed by atoms with Crippen LogP contribution in [-0.2, 0) is 14.8 Å². The Morgan fingerprint density at radius 3 is 2.47 bits per heavy atom. The van der Waals surface area contributed by atoms with Crippen LogP contribution in [0.15, 0.2) is 50.1 Å². The molecule has 0 spiro atoms. The third-order valence-electron chi connectivity index (χ3n) is 3.79. The molecule has 0 saturated carbocycles. The monoisotopic (exact) mass is 517 g/mol. The number of nitrogens with one attached hydrogen (secondary N) is 2. The van der Waals surface area contributed by atoms with Gasteiger partial charge in [-0.2, -0.15) is 0 Å². The van der Waals surface area contributed by atoms with Crippen molar-refractivity contribution >= 4 is 60.8 Å². The summed E-state index contributed by atoms with van der Waals surface area (Å²) in [6.45, 7) is 0.221. The number of thiophene rings is 1. The molecule has 0 fully saturated rings. The number of carbonyl (C=O) groups excluding carboxylic acids is 1. The van der Waals surface area contributed by atoms with Crippen molar-refractivity contribution < 1.29 is 23.1 Å². The lowest BCUT2D eigenvalue weighted by atomic mass is 10.1. The van der Waals surface area contributed by atoms with E-state index < -0.39 is 27.9 Å². The van der Waals surface area contributed by atoms with Crippen molar-refractivity contribution in [2.75, 3.05) is 11.3 Å². The molecule has 162 valence electrons. The molecule has 1 amide bonds. The highest BCUT2D eigenvalue weighted by molar-refractivity contribution is 9.10. The van der Waals surface area contributed by atoms with E-state index in [1.165, 1.54) is 23.6 Å². The Balaban J connectivity index is 2.10. The molecule has 1 atom stereocenters. The van der Waals surface area contributed by atoms with Crippen molar-refractivity contribution in [3.05, 3.63) is 45.1 Å². The summed E-state index contributed by atoms with van der Waals surface area (Å²) in [5.41, 5.74) is 10.5. The van der Waals surface area contributed by atoms with Crippen LogP contribution in [0.5, 0.6) is 0 Å². The van der Waals surface area contributed by atoms with Gasteiger partial charge in [-0.1, -0.05) is 15.9 Å². The van der Waals surface area contributed by atoms with Crippen molar-refractivity contribution in [3.63, 3.8) is 0 Å². The van der Waals surface area contributed by atoms with Crippen molar-refractivity contribution in [3.8, 4) is 0 Å². The molecule has 0 unspecified atom stereocenters. The number of hydrogen-bond donors (Lipinski definition) is 5. The minimum atomic E-state index is -3.93. The van der Waals surface area contributed by atoms with Gasteiger partial charge in [-0.25, -0.2) is 13.2 Å². The first-order valence-corrected chi connectivity index (χ1v) is 11.7. The number of sulfonamides is 1. The zero-order chi connectivity index (χ0) is 22.3. The fourth-order valence-corrected chi connectivity index (χ4v) is 4.52. The Kier molecular flexibility index (Phi) is 8.20. The van der Waals surface area contributed by atoms with E-state index in [1.807, 2.05) is 0 Å². The van der Waals surface area contributed by atoms with Crippen LogP contribution in [0.2, 0.25) is 0 Å². The number of aliphatic carboxylic acids is 1. The number of rotatable bonds is 10. The first-order chi connectivity index (χ1) is 14.1. The Morgan fingerprint density at radius 2 is 1.87 bits per heavy atom. The number of halogens is 1. The molecule has 2 aromatic rings. The van der Waals surface area contributed by atoms with Crippen LogP contribution in [0.25, 0.3) is 0 Å². The summed E-state index contributed by atoms with van der Waals surface area (Å²) in [6, 6.07) is 6.24. The second-order valence-electron chi connectivity index (χ2n) is 6.04. The number of carboxylic acids is 1. The lowest BCUT2D eigenvalue weighted by Crippen LogP contribution is -2.40. The molecule has 0 aliphatic carbocycles. The smallest absolute Gasteiger partial charge is 0.326 e. The van der Waals surface area contributed by atoms with Gasteiger partial charge in [0.1, 0.15) is 10.9 Å². The second kappa shape index (κ2) is 10.4. The number of aliphatic imine (C=N–C) groups is 1. The van der Waals surface area contributed by atoms with Crippen molar-refractivity contribution in [2.45, 2.75) is 23.8 Å². The number of amides is 1. The zero-order valence-corrected chi connectivity index (χ0v) is 18.8. The molecule has 0 radical (unpaired) electrons. The van der Waals surface area contributed by atoms with Gasteiger partial charge in [0.25, 0.3) is 15.9 Å². The predicted molar refractivity (Wildman–Crippen MR) is 118 cm³/mol. The number of benzene rings is 1. The SMILES string of the molecule is NC(N)=NCCC[C@H](NC(=O)c1sccc1NS(=O)(=O)c1ccc(Br)cc1)C(=O)O. The Morgan fingerprint density at radius 1 is 1.20 bits per heavy atom. The van der Waals surface area contributed by atoms with Gasteiger partial charge >= 0.3 is 5.97 Å². The maximum Gasteiger partial charge on any atom is 0.326 e. The van der Waals surface area contributed by atoms with Crippen LogP contribution in [0.4, 0.5) is 5.69 Å². The minimum absolute atomic E-state index is 0.0198. The summed E-state index contributed by atoms with van der Waals surface area (Å²) in [6.07, 6.45) is 0.436. The summed E-state index contributed by atoms with van der Waals surface area (Å²) in [5, 5.41) is 13.3. The first-order valence-electron chi connectivity index (χ1n) is 8.55. The molecule has 13 heteroatoms. The quantitative estimate of drug-likeness (QED) is 0.180. The average Bonchev–Trinajstić information content (AvgIpc) is 3.11. The van der Waals surface area contributed by atoms with E-state index in [0.717, 1.165) is 15.8 Å². The molecule has 30 heavy (non-hydrogen) atoms. The van der Waals surface area contributed by atoms with Crippen LogP contribution in [0.3, 0.4) is 0 Å². The number of nitrogens with two attached hydrogens (primary N) is 2. The Hall–Kier alpha value is -2.64. The van der Waals surface area contributed by atoms with Gasteiger partial charge < -0.3 is 21.9 Å². The van der Waals surface area contributed by atoms with E-state index >= 15 is 0 Å². The third kappa shape index (κ3) is 6.71. The van der Waals surface area contributed by atoms with Crippen molar-refractivity contribution in [2.24, 2.45) is 16.5 Å². The van der Waals surface area contributed by atoms with Crippen LogP contribution in [0.1, 0.15) is 22.5 Å². The van der Waals surface area contributed by atoms with Crippen molar-refractivity contribution in [1.29, 1.82) is 0 Å². The molecular weight excluding hydrogens is 498 g/mol. The van der Waals surface area contributed by atoms with Gasteiger partial charge in [-0.3, -0.25) is 14.5 Å². The van der Waals surface area contributed by atoms with E-state index in [9.17, 15) is 23.1 Å². The summed E-state index contributed by atoms with van der Waals surface area (Å²) in [4.78, 5) is 27.9. The molecule has 0 aliphatic heterocycles. The fourth-order valence-electron chi connectivity index (χ4n) is 2.37. The summed E-state index contributed by atoms with van der Waals surface area (Å²) < 4.78 is 28.2. The highest BCUT2D eigenvalue weighted by atomic mass is 79.9. The Labute approximate surface area is 185 Å². The number of carboxylic acid groups (broad SMARTS) is 1.